The maximum atomic E-state index is 4.45. The maximum absolute atomic E-state index is 4.45. The first-order valence-electron chi connectivity index (χ1n) is 5.55. The Morgan fingerprint density at radius 2 is 1.87 bits per heavy atom. The number of anilines is 1. The SMILES string of the molecule is Cc1ncc(NC(C)CC(C)C)nc1C. The van der Waals surface area contributed by atoms with Crippen LogP contribution in [0.15, 0.2) is 6.20 Å². The van der Waals surface area contributed by atoms with Crippen LogP contribution in [0.4, 0.5) is 5.82 Å². The van der Waals surface area contributed by atoms with Crippen molar-refractivity contribution in [2.45, 2.75) is 47.1 Å². The molecule has 1 unspecified atom stereocenters. The number of aromatic nitrogens is 2. The second-order valence-electron chi connectivity index (χ2n) is 4.60. The van der Waals surface area contributed by atoms with Crippen LogP contribution >= 0.6 is 0 Å². The summed E-state index contributed by atoms with van der Waals surface area (Å²) in [5, 5.41) is 3.37. The highest BCUT2D eigenvalue weighted by Gasteiger charge is 2.06. The Labute approximate surface area is 92.3 Å². The summed E-state index contributed by atoms with van der Waals surface area (Å²) in [5.74, 6) is 1.58. The lowest BCUT2D eigenvalue weighted by molar-refractivity contribution is 0.538. The smallest absolute Gasteiger partial charge is 0.145 e. The van der Waals surface area contributed by atoms with Gasteiger partial charge >= 0.3 is 0 Å². The van der Waals surface area contributed by atoms with E-state index in [1.165, 1.54) is 0 Å². The number of rotatable bonds is 4. The van der Waals surface area contributed by atoms with Crippen LogP contribution in [0.2, 0.25) is 0 Å². The van der Waals surface area contributed by atoms with Crippen molar-refractivity contribution >= 4 is 5.82 Å². The van der Waals surface area contributed by atoms with Crippen molar-refractivity contribution in [1.29, 1.82) is 0 Å². The van der Waals surface area contributed by atoms with Crippen LogP contribution in [0, 0.1) is 19.8 Å². The molecule has 15 heavy (non-hydrogen) atoms. The monoisotopic (exact) mass is 207 g/mol. The van der Waals surface area contributed by atoms with Gasteiger partial charge in [-0.15, -0.1) is 0 Å². The van der Waals surface area contributed by atoms with Crippen LogP contribution < -0.4 is 5.32 Å². The van der Waals surface area contributed by atoms with Crippen molar-refractivity contribution in [2.24, 2.45) is 5.92 Å². The molecule has 1 atom stereocenters. The highest BCUT2D eigenvalue weighted by atomic mass is 15.0. The first-order valence-corrected chi connectivity index (χ1v) is 5.55. The first-order chi connectivity index (χ1) is 6.99. The molecule has 0 fully saturated rings. The van der Waals surface area contributed by atoms with Gasteiger partial charge in [0.1, 0.15) is 5.82 Å². The molecule has 0 amide bonds. The van der Waals surface area contributed by atoms with Crippen molar-refractivity contribution in [1.82, 2.24) is 9.97 Å². The van der Waals surface area contributed by atoms with Gasteiger partial charge in [0.2, 0.25) is 0 Å². The van der Waals surface area contributed by atoms with E-state index < -0.39 is 0 Å². The van der Waals surface area contributed by atoms with Gasteiger partial charge in [-0.05, 0) is 33.1 Å². The summed E-state index contributed by atoms with van der Waals surface area (Å²) >= 11 is 0. The molecule has 3 nitrogen and oxygen atoms in total. The molecular formula is C12H21N3. The highest BCUT2D eigenvalue weighted by Crippen LogP contribution is 2.11. The Balaban J connectivity index is 2.60. The predicted molar refractivity (Wildman–Crippen MR) is 64.0 cm³/mol. The molecule has 1 rings (SSSR count). The molecule has 0 saturated heterocycles. The topological polar surface area (TPSA) is 37.8 Å². The lowest BCUT2D eigenvalue weighted by Gasteiger charge is -2.16. The number of nitrogens with one attached hydrogen (secondary N) is 1. The standard InChI is InChI=1S/C12H21N3/c1-8(2)6-9(3)14-12-7-13-10(4)11(5)15-12/h7-9H,6H2,1-5H3,(H,14,15). The second-order valence-corrected chi connectivity index (χ2v) is 4.60. The average Bonchev–Trinajstić information content (AvgIpc) is 2.10. The fraction of sp³-hybridized carbons (Fsp3) is 0.667. The molecule has 0 aliphatic heterocycles. The maximum Gasteiger partial charge on any atom is 0.145 e. The lowest BCUT2D eigenvalue weighted by atomic mass is 10.1. The van der Waals surface area contributed by atoms with E-state index in [2.05, 4.69) is 36.1 Å². The third-order valence-electron chi connectivity index (χ3n) is 2.41. The second kappa shape index (κ2) is 5.10. The molecule has 0 bridgehead atoms. The summed E-state index contributed by atoms with van der Waals surface area (Å²) in [6.45, 7) is 10.6. The van der Waals surface area contributed by atoms with E-state index in [1.54, 1.807) is 6.20 Å². The van der Waals surface area contributed by atoms with Gasteiger partial charge in [-0.2, -0.15) is 0 Å². The van der Waals surface area contributed by atoms with Crippen LogP contribution in [0.1, 0.15) is 38.6 Å². The lowest BCUT2D eigenvalue weighted by Crippen LogP contribution is -2.18. The molecule has 0 aliphatic rings. The van der Waals surface area contributed by atoms with Crippen LogP contribution in [-0.4, -0.2) is 16.0 Å². The van der Waals surface area contributed by atoms with Crippen LogP contribution in [0.5, 0.6) is 0 Å². The Morgan fingerprint density at radius 3 is 2.40 bits per heavy atom. The third kappa shape index (κ3) is 3.86. The van der Waals surface area contributed by atoms with E-state index in [-0.39, 0.29) is 0 Å². The van der Waals surface area contributed by atoms with Gasteiger partial charge in [0.05, 0.1) is 17.6 Å². The normalized spacial score (nSPS) is 12.9. The minimum absolute atomic E-state index is 0.446. The van der Waals surface area contributed by atoms with Gasteiger partial charge in [0.25, 0.3) is 0 Å². The average molecular weight is 207 g/mol. The first kappa shape index (κ1) is 12.0. The molecule has 0 aromatic carbocycles. The molecule has 0 radical (unpaired) electrons. The van der Waals surface area contributed by atoms with Gasteiger partial charge in [0, 0.05) is 6.04 Å². The van der Waals surface area contributed by atoms with E-state index in [9.17, 15) is 0 Å². The number of nitrogens with zero attached hydrogens (tertiary/aromatic N) is 2. The molecule has 1 aromatic rings. The Bertz CT molecular complexity index is 321. The molecule has 0 aliphatic carbocycles. The quantitative estimate of drug-likeness (QED) is 0.825. The zero-order chi connectivity index (χ0) is 11.4. The number of hydrogen-bond acceptors (Lipinski definition) is 3. The Hall–Kier alpha value is -1.12. The third-order valence-corrected chi connectivity index (χ3v) is 2.41. The summed E-state index contributed by atoms with van der Waals surface area (Å²) in [6, 6.07) is 0.446. The molecule has 1 N–H and O–H groups in total. The van der Waals surface area contributed by atoms with Crippen LogP contribution in [-0.2, 0) is 0 Å². The molecule has 1 aromatic heterocycles. The van der Waals surface area contributed by atoms with E-state index in [0.717, 1.165) is 23.6 Å². The molecule has 0 saturated carbocycles. The molecular weight excluding hydrogens is 186 g/mol. The highest BCUT2D eigenvalue weighted by molar-refractivity contribution is 5.34. The fourth-order valence-corrected chi connectivity index (χ4v) is 1.63. The van der Waals surface area contributed by atoms with Gasteiger partial charge < -0.3 is 5.32 Å². The van der Waals surface area contributed by atoms with E-state index in [0.29, 0.717) is 12.0 Å². The Morgan fingerprint density at radius 1 is 1.20 bits per heavy atom. The summed E-state index contributed by atoms with van der Waals surface area (Å²) in [4.78, 5) is 8.73. The van der Waals surface area contributed by atoms with Gasteiger partial charge in [-0.3, -0.25) is 4.98 Å². The summed E-state index contributed by atoms with van der Waals surface area (Å²) in [6.07, 6.45) is 2.95. The summed E-state index contributed by atoms with van der Waals surface area (Å²) < 4.78 is 0. The van der Waals surface area contributed by atoms with E-state index in [1.807, 2.05) is 13.8 Å². The van der Waals surface area contributed by atoms with Crippen molar-refractivity contribution in [3.05, 3.63) is 17.6 Å². The minimum Gasteiger partial charge on any atom is -0.366 e. The van der Waals surface area contributed by atoms with Gasteiger partial charge in [0.15, 0.2) is 0 Å². The molecule has 1 heterocycles. The fourth-order valence-electron chi connectivity index (χ4n) is 1.63. The van der Waals surface area contributed by atoms with Crippen molar-refractivity contribution < 1.29 is 0 Å². The van der Waals surface area contributed by atoms with E-state index in [4.69, 9.17) is 0 Å². The summed E-state index contributed by atoms with van der Waals surface area (Å²) in [7, 11) is 0. The number of aryl methyl sites for hydroxylation is 2. The molecule has 0 spiro atoms. The van der Waals surface area contributed by atoms with Crippen LogP contribution in [0.3, 0.4) is 0 Å². The predicted octanol–water partition coefficient (Wildman–Crippen LogP) is 2.94. The van der Waals surface area contributed by atoms with E-state index >= 15 is 0 Å². The minimum atomic E-state index is 0.446. The van der Waals surface area contributed by atoms with Crippen molar-refractivity contribution in [2.75, 3.05) is 5.32 Å². The van der Waals surface area contributed by atoms with Crippen LogP contribution in [0.25, 0.3) is 0 Å². The van der Waals surface area contributed by atoms with Crippen molar-refractivity contribution in [3.8, 4) is 0 Å². The van der Waals surface area contributed by atoms with Crippen molar-refractivity contribution in [3.63, 3.8) is 0 Å². The zero-order valence-electron chi connectivity index (χ0n) is 10.3. The largest absolute Gasteiger partial charge is 0.366 e. The van der Waals surface area contributed by atoms with Gasteiger partial charge in [-0.25, -0.2) is 4.98 Å². The van der Waals surface area contributed by atoms with Gasteiger partial charge in [-0.1, -0.05) is 13.8 Å². The molecule has 3 heteroatoms. The zero-order valence-corrected chi connectivity index (χ0v) is 10.3. The number of hydrogen-bond donors (Lipinski definition) is 1. The molecule has 84 valence electrons. The Kier molecular flexibility index (Phi) is 4.06. The summed E-state index contributed by atoms with van der Waals surface area (Å²) in [5.41, 5.74) is 1.99.